The summed E-state index contributed by atoms with van der Waals surface area (Å²) in [6.07, 6.45) is -1.60. The van der Waals surface area contributed by atoms with Gasteiger partial charge in [-0.2, -0.15) is 13.2 Å². The van der Waals surface area contributed by atoms with E-state index in [-0.39, 0.29) is 17.3 Å². The molecular weight excluding hydrogens is 349 g/mol. The Kier molecular flexibility index (Phi) is 4.37. The van der Waals surface area contributed by atoms with Crippen molar-refractivity contribution in [2.24, 2.45) is 0 Å². The van der Waals surface area contributed by atoms with Crippen molar-refractivity contribution in [3.05, 3.63) is 59.5 Å². The Morgan fingerprint density at radius 2 is 2.00 bits per heavy atom. The number of aryl methyl sites for hydroxylation is 1. The number of carbonyl (C=O) groups is 1. The fourth-order valence-corrected chi connectivity index (χ4v) is 2.41. The van der Waals surface area contributed by atoms with Crippen LogP contribution in [0.15, 0.2) is 42.7 Å². The molecule has 0 fully saturated rings. The van der Waals surface area contributed by atoms with E-state index in [0.717, 1.165) is 6.07 Å². The Balaban J connectivity index is 1.97. The number of H-pyrrole nitrogens is 1. The average molecular weight is 362 g/mol. The summed E-state index contributed by atoms with van der Waals surface area (Å²) in [7, 11) is 0. The monoisotopic (exact) mass is 362 g/mol. The molecule has 2 heterocycles. The van der Waals surface area contributed by atoms with Gasteiger partial charge in [0.15, 0.2) is 0 Å². The molecule has 0 atom stereocenters. The molecule has 0 aliphatic rings. The maximum atomic E-state index is 13.1. The van der Waals surface area contributed by atoms with E-state index >= 15 is 0 Å². The second-order valence-corrected chi connectivity index (χ2v) is 5.50. The second-order valence-electron chi connectivity index (χ2n) is 5.50. The van der Waals surface area contributed by atoms with Gasteiger partial charge < -0.3 is 15.4 Å². The van der Waals surface area contributed by atoms with Crippen LogP contribution in [0, 0.1) is 6.92 Å². The van der Waals surface area contributed by atoms with Crippen LogP contribution in [0.5, 0.6) is 0 Å². The molecule has 6 nitrogen and oxygen atoms in total. The third-order valence-corrected chi connectivity index (χ3v) is 3.64. The molecule has 9 heteroatoms. The van der Waals surface area contributed by atoms with E-state index in [1.54, 1.807) is 6.92 Å². The molecule has 3 aromatic rings. The van der Waals surface area contributed by atoms with Crippen molar-refractivity contribution in [1.82, 2.24) is 15.0 Å². The Morgan fingerprint density at radius 1 is 1.27 bits per heavy atom. The number of carboxylic acids is 1. The zero-order chi connectivity index (χ0) is 18.9. The topological polar surface area (TPSA) is 90.9 Å². The maximum Gasteiger partial charge on any atom is 0.418 e. The minimum Gasteiger partial charge on any atom is -0.477 e. The standard InChI is InChI=1S/C17H13F3N4O2/c1-9-7-22-16(23-12-5-3-2-4-11(12)17(18,19)20)24-14(9)10-6-13(15(25)26)21-8-10/h2-8,21H,1H3,(H,25,26)(H,22,23,24). The molecule has 0 bridgehead atoms. The van der Waals surface area contributed by atoms with Crippen molar-refractivity contribution in [1.29, 1.82) is 0 Å². The number of alkyl halides is 3. The molecule has 0 radical (unpaired) electrons. The fourth-order valence-electron chi connectivity index (χ4n) is 2.41. The molecule has 3 N–H and O–H groups in total. The van der Waals surface area contributed by atoms with Crippen molar-refractivity contribution in [2.45, 2.75) is 13.1 Å². The van der Waals surface area contributed by atoms with E-state index in [0.29, 0.717) is 16.8 Å². The molecule has 0 saturated heterocycles. The molecule has 0 spiro atoms. The summed E-state index contributed by atoms with van der Waals surface area (Å²) in [5.74, 6) is -1.15. The van der Waals surface area contributed by atoms with Crippen LogP contribution in [0.1, 0.15) is 21.6 Å². The fraction of sp³-hybridized carbons (Fsp3) is 0.118. The summed E-state index contributed by atoms with van der Waals surface area (Å²) in [5.41, 5.74) is 0.534. The van der Waals surface area contributed by atoms with Gasteiger partial charge in [-0.3, -0.25) is 0 Å². The van der Waals surface area contributed by atoms with Gasteiger partial charge in [-0.25, -0.2) is 14.8 Å². The van der Waals surface area contributed by atoms with Crippen LogP contribution in [0.25, 0.3) is 11.3 Å². The van der Waals surface area contributed by atoms with Gasteiger partial charge in [0.05, 0.1) is 16.9 Å². The first kappa shape index (κ1) is 17.5. The summed E-state index contributed by atoms with van der Waals surface area (Å²) in [4.78, 5) is 21.8. The van der Waals surface area contributed by atoms with Crippen molar-refractivity contribution in [3.63, 3.8) is 0 Å². The molecule has 2 aromatic heterocycles. The Hall–Kier alpha value is -3.36. The molecule has 0 amide bonds. The molecule has 0 unspecified atom stereocenters. The highest BCUT2D eigenvalue weighted by atomic mass is 19.4. The van der Waals surface area contributed by atoms with Crippen LogP contribution in [-0.2, 0) is 6.18 Å². The van der Waals surface area contributed by atoms with Crippen LogP contribution in [0.4, 0.5) is 24.8 Å². The van der Waals surface area contributed by atoms with Crippen LogP contribution in [0.3, 0.4) is 0 Å². The number of aromatic amines is 1. The van der Waals surface area contributed by atoms with E-state index in [1.165, 1.54) is 36.7 Å². The van der Waals surface area contributed by atoms with E-state index < -0.39 is 17.7 Å². The first-order chi connectivity index (χ1) is 12.3. The lowest BCUT2D eigenvalue weighted by Crippen LogP contribution is -2.09. The highest BCUT2D eigenvalue weighted by molar-refractivity contribution is 5.87. The first-order valence-corrected chi connectivity index (χ1v) is 7.44. The lowest BCUT2D eigenvalue weighted by molar-refractivity contribution is -0.136. The van der Waals surface area contributed by atoms with Crippen molar-refractivity contribution in [3.8, 4) is 11.3 Å². The number of carboxylic acid groups (broad SMARTS) is 1. The smallest absolute Gasteiger partial charge is 0.418 e. The summed E-state index contributed by atoms with van der Waals surface area (Å²) in [5, 5.41) is 11.6. The predicted octanol–water partition coefficient (Wildman–Crippen LogP) is 4.24. The number of hydrogen-bond donors (Lipinski definition) is 3. The number of hydrogen-bond acceptors (Lipinski definition) is 4. The molecule has 1 aromatic carbocycles. The number of rotatable bonds is 4. The third-order valence-electron chi connectivity index (χ3n) is 3.64. The lowest BCUT2D eigenvalue weighted by Gasteiger charge is -2.14. The normalized spacial score (nSPS) is 11.4. The van der Waals surface area contributed by atoms with Gasteiger partial charge >= 0.3 is 12.1 Å². The average Bonchev–Trinajstić information content (AvgIpc) is 3.06. The largest absolute Gasteiger partial charge is 0.477 e. The summed E-state index contributed by atoms with van der Waals surface area (Å²) in [6, 6.07) is 6.40. The van der Waals surface area contributed by atoms with Crippen molar-refractivity contribution in [2.75, 3.05) is 5.32 Å². The van der Waals surface area contributed by atoms with Gasteiger partial charge in [0, 0.05) is 18.0 Å². The zero-order valence-corrected chi connectivity index (χ0v) is 13.4. The number of aromatic nitrogens is 3. The Morgan fingerprint density at radius 3 is 2.65 bits per heavy atom. The maximum absolute atomic E-state index is 13.1. The van der Waals surface area contributed by atoms with Gasteiger partial charge in [0.1, 0.15) is 5.69 Å². The molecular formula is C17H13F3N4O2. The third kappa shape index (κ3) is 3.51. The van der Waals surface area contributed by atoms with Gasteiger partial charge in [-0.05, 0) is 30.7 Å². The minimum absolute atomic E-state index is 0.0186. The van der Waals surface area contributed by atoms with Crippen LogP contribution < -0.4 is 5.32 Å². The summed E-state index contributed by atoms with van der Waals surface area (Å²) >= 11 is 0. The highest BCUT2D eigenvalue weighted by Gasteiger charge is 2.33. The lowest BCUT2D eigenvalue weighted by atomic mass is 10.1. The molecule has 26 heavy (non-hydrogen) atoms. The molecule has 0 aliphatic heterocycles. The molecule has 0 saturated carbocycles. The van der Waals surface area contributed by atoms with Crippen LogP contribution >= 0.6 is 0 Å². The molecule has 0 aliphatic carbocycles. The SMILES string of the molecule is Cc1cnc(Nc2ccccc2C(F)(F)F)nc1-c1c[nH]c(C(=O)O)c1. The van der Waals surface area contributed by atoms with Crippen molar-refractivity contribution < 1.29 is 23.1 Å². The number of benzene rings is 1. The van der Waals surface area contributed by atoms with Crippen molar-refractivity contribution >= 4 is 17.6 Å². The zero-order valence-electron chi connectivity index (χ0n) is 13.4. The van der Waals surface area contributed by atoms with E-state index in [1.807, 2.05) is 0 Å². The van der Waals surface area contributed by atoms with Gasteiger partial charge in [-0.15, -0.1) is 0 Å². The number of nitrogens with zero attached hydrogens (tertiary/aromatic N) is 2. The summed E-state index contributed by atoms with van der Waals surface area (Å²) < 4.78 is 39.3. The molecule has 3 rings (SSSR count). The quantitative estimate of drug-likeness (QED) is 0.646. The highest BCUT2D eigenvalue weighted by Crippen LogP contribution is 2.35. The first-order valence-electron chi connectivity index (χ1n) is 7.44. The molecule has 134 valence electrons. The van der Waals surface area contributed by atoms with Crippen LogP contribution in [0.2, 0.25) is 0 Å². The van der Waals surface area contributed by atoms with Gasteiger partial charge in [0.2, 0.25) is 5.95 Å². The van der Waals surface area contributed by atoms with Crippen LogP contribution in [-0.4, -0.2) is 26.0 Å². The number of nitrogens with one attached hydrogen (secondary N) is 2. The van der Waals surface area contributed by atoms with E-state index in [9.17, 15) is 18.0 Å². The number of para-hydroxylation sites is 1. The Bertz CT molecular complexity index is 967. The van der Waals surface area contributed by atoms with Gasteiger partial charge in [0.25, 0.3) is 0 Å². The number of halogens is 3. The van der Waals surface area contributed by atoms with Gasteiger partial charge in [-0.1, -0.05) is 12.1 Å². The van der Waals surface area contributed by atoms with E-state index in [4.69, 9.17) is 5.11 Å². The number of aromatic carboxylic acids is 1. The Labute approximate surface area is 145 Å². The summed E-state index contributed by atoms with van der Waals surface area (Å²) in [6.45, 7) is 1.72. The number of anilines is 2. The minimum atomic E-state index is -4.52. The predicted molar refractivity (Wildman–Crippen MR) is 88.2 cm³/mol. The second kappa shape index (κ2) is 6.51. The van der Waals surface area contributed by atoms with E-state index in [2.05, 4.69) is 20.3 Å².